The van der Waals surface area contributed by atoms with Crippen LogP contribution in [0.4, 0.5) is 0 Å². The fourth-order valence-electron chi connectivity index (χ4n) is 0.626. The standard InChI is InChI=1S/C9H16O3/c1-7(2)9(10)12-8(3)5-6-11-4/h8H,1,5-6H2,2-4H3. The summed E-state index contributed by atoms with van der Waals surface area (Å²) in [6.07, 6.45) is 0.615. The van der Waals surface area contributed by atoms with Gasteiger partial charge in [0.1, 0.15) is 6.10 Å². The highest BCUT2D eigenvalue weighted by Gasteiger charge is 2.08. The second-order valence-corrected chi connectivity index (χ2v) is 2.78. The topological polar surface area (TPSA) is 35.5 Å². The third kappa shape index (κ3) is 4.91. The summed E-state index contributed by atoms with van der Waals surface area (Å²) in [5.74, 6) is -0.335. The van der Waals surface area contributed by atoms with Crippen LogP contribution in [0.3, 0.4) is 0 Å². The average Bonchev–Trinajstić information content (AvgIpc) is 2.00. The quantitative estimate of drug-likeness (QED) is 0.466. The maximum Gasteiger partial charge on any atom is 0.333 e. The molecule has 0 aromatic heterocycles. The molecule has 0 rings (SSSR count). The van der Waals surface area contributed by atoms with Crippen LogP contribution in [-0.4, -0.2) is 25.8 Å². The summed E-state index contributed by atoms with van der Waals surface area (Å²) in [6.45, 7) is 7.55. The van der Waals surface area contributed by atoms with Crippen molar-refractivity contribution in [3.05, 3.63) is 12.2 Å². The van der Waals surface area contributed by atoms with Crippen molar-refractivity contribution in [1.29, 1.82) is 0 Å². The molecule has 0 amide bonds. The van der Waals surface area contributed by atoms with Crippen molar-refractivity contribution >= 4 is 5.97 Å². The Balaban J connectivity index is 3.61. The Morgan fingerprint density at radius 3 is 2.58 bits per heavy atom. The van der Waals surface area contributed by atoms with Gasteiger partial charge in [-0.25, -0.2) is 4.79 Å². The molecule has 3 heteroatoms. The first kappa shape index (κ1) is 11.2. The molecule has 0 saturated heterocycles. The lowest BCUT2D eigenvalue weighted by molar-refractivity contribution is -0.144. The minimum atomic E-state index is -0.335. The van der Waals surface area contributed by atoms with Crippen LogP contribution in [-0.2, 0) is 14.3 Å². The van der Waals surface area contributed by atoms with E-state index in [0.717, 1.165) is 6.42 Å². The minimum absolute atomic E-state index is 0.103. The molecule has 0 radical (unpaired) electrons. The highest BCUT2D eigenvalue weighted by Crippen LogP contribution is 2.01. The predicted octanol–water partition coefficient (Wildman–Crippen LogP) is 1.53. The first-order chi connectivity index (χ1) is 5.57. The van der Waals surface area contributed by atoms with Gasteiger partial charge in [-0.3, -0.25) is 0 Å². The molecule has 3 nitrogen and oxygen atoms in total. The highest BCUT2D eigenvalue weighted by molar-refractivity contribution is 5.87. The van der Waals surface area contributed by atoms with Crippen molar-refractivity contribution in [2.24, 2.45) is 0 Å². The Bertz CT molecular complexity index is 163. The Labute approximate surface area is 73.4 Å². The van der Waals surface area contributed by atoms with E-state index in [1.54, 1.807) is 14.0 Å². The SMILES string of the molecule is C=C(C)C(=O)OC(C)CCOC. The van der Waals surface area contributed by atoms with Crippen LogP contribution in [0.5, 0.6) is 0 Å². The van der Waals surface area contributed by atoms with Crippen molar-refractivity contribution < 1.29 is 14.3 Å². The summed E-state index contributed by atoms with van der Waals surface area (Å²) < 4.78 is 9.84. The van der Waals surface area contributed by atoms with Crippen LogP contribution in [0, 0.1) is 0 Å². The zero-order valence-electron chi connectivity index (χ0n) is 7.92. The van der Waals surface area contributed by atoms with Gasteiger partial charge in [0.15, 0.2) is 0 Å². The summed E-state index contributed by atoms with van der Waals surface area (Å²) >= 11 is 0. The summed E-state index contributed by atoms with van der Waals surface area (Å²) in [5, 5.41) is 0. The monoisotopic (exact) mass is 172 g/mol. The maximum atomic E-state index is 11.0. The number of carbonyl (C=O) groups excluding carboxylic acids is 1. The van der Waals surface area contributed by atoms with Gasteiger partial charge in [0.05, 0.1) is 0 Å². The smallest absolute Gasteiger partial charge is 0.333 e. The van der Waals surface area contributed by atoms with E-state index in [0.29, 0.717) is 12.2 Å². The van der Waals surface area contributed by atoms with Crippen LogP contribution < -0.4 is 0 Å². The number of methoxy groups -OCH3 is 1. The van der Waals surface area contributed by atoms with E-state index >= 15 is 0 Å². The van der Waals surface area contributed by atoms with E-state index < -0.39 is 0 Å². The lowest BCUT2D eigenvalue weighted by Gasteiger charge is -2.11. The van der Waals surface area contributed by atoms with Crippen molar-refractivity contribution in [2.45, 2.75) is 26.4 Å². The highest BCUT2D eigenvalue weighted by atomic mass is 16.5. The summed E-state index contributed by atoms with van der Waals surface area (Å²) in [7, 11) is 1.62. The zero-order valence-corrected chi connectivity index (χ0v) is 7.92. The molecule has 0 saturated carbocycles. The largest absolute Gasteiger partial charge is 0.459 e. The molecule has 0 aliphatic rings. The van der Waals surface area contributed by atoms with Crippen molar-refractivity contribution in [3.8, 4) is 0 Å². The minimum Gasteiger partial charge on any atom is -0.459 e. The van der Waals surface area contributed by atoms with Crippen LogP contribution >= 0.6 is 0 Å². The number of esters is 1. The second kappa shape index (κ2) is 5.77. The second-order valence-electron chi connectivity index (χ2n) is 2.78. The van der Waals surface area contributed by atoms with Gasteiger partial charge in [-0.15, -0.1) is 0 Å². The molecule has 0 N–H and O–H groups in total. The Kier molecular flexibility index (Phi) is 5.37. The summed E-state index contributed by atoms with van der Waals surface area (Å²) in [6, 6.07) is 0. The molecule has 0 bridgehead atoms. The molecule has 0 aliphatic heterocycles. The van der Waals surface area contributed by atoms with Gasteiger partial charge in [0.2, 0.25) is 0 Å². The van der Waals surface area contributed by atoms with Crippen molar-refractivity contribution in [2.75, 3.05) is 13.7 Å². The van der Waals surface area contributed by atoms with Gasteiger partial charge in [0.25, 0.3) is 0 Å². The lowest BCUT2D eigenvalue weighted by Crippen LogP contribution is -2.16. The van der Waals surface area contributed by atoms with Crippen LogP contribution in [0.25, 0.3) is 0 Å². The summed E-state index contributed by atoms with van der Waals surface area (Å²) in [4.78, 5) is 11.0. The van der Waals surface area contributed by atoms with E-state index in [4.69, 9.17) is 9.47 Å². The van der Waals surface area contributed by atoms with Crippen molar-refractivity contribution in [3.63, 3.8) is 0 Å². The molecule has 1 unspecified atom stereocenters. The molecule has 70 valence electrons. The number of carbonyl (C=O) groups is 1. The van der Waals surface area contributed by atoms with Gasteiger partial charge in [-0.05, 0) is 13.8 Å². The van der Waals surface area contributed by atoms with E-state index in [9.17, 15) is 4.79 Å². The molecule has 0 aliphatic carbocycles. The Morgan fingerprint density at radius 1 is 1.58 bits per heavy atom. The van der Waals surface area contributed by atoms with E-state index in [1.165, 1.54) is 0 Å². The number of ether oxygens (including phenoxy) is 2. The molecule has 12 heavy (non-hydrogen) atoms. The molecule has 0 aromatic rings. The first-order valence-corrected chi connectivity index (χ1v) is 3.93. The van der Waals surface area contributed by atoms with Crippen molar-refractivity contribution in [1.82, 2.24) is 0 Å². The van der Waals surface area contributed by atoms with Crippen LogP contribution in [0.2, 0.25) is 0 Å². The van der Waals surface area contributed by atoms with Gasteiger partial charge < -0.3 is 9.47 Å². The molecular formula is C9H16O3. The first-order valence-electron chi connectivity index (χ1n) is 3.93. The van der Waals surface area contributed by atoms with E-state index in [1.807, 2.05) is 6.92 Å². The van der Waals surface area contributed by atoms with Gasteiger partial charge in [-0.2, -0.15) is 0 Å². The van der Waals surface area contributed by atoms with E-state index in [-0.39, 0.29) is 12.1 Å². The number of rotatable bonds is 5. The molecule has 0 aromatic carbocycles. The van der Waals surface area contributed by atoms with Crippen LogP contribution in [0.15, 0.2) is 12.2 Å². The third-order valence-electron chi connectivity index (χ3n) is 1.39. The fourth-order valence-corrected chi connectivity index (χ4v) is 0.626. The Hall–Kier alpha value is -0.830. The van der Waals surface area contributed by atoms with Gasteiger partial charge in [0, 0.05) is 25.7 Å². The lowest BCUT2D eigenvalue weighted by atomic mass is 10.3. The normalized spacial score (nSPS) is 12.2. The van der Waals surface area contributed by atoms with Crippen LogP contribution in [0.1, 0.15) is 20.3 Å². The zero-order chi connectivity index (χ0) is 9.56. The summed E-state index contributed by atoms with van der Waals surface area (Å²) in [5.41, 5.74) is 0.430. The van der Waals surface area contributed by atoms with E-state index in [2.05, 4.69) is 6.58 Å². The molecule has 0 fully saturated rings. The molecule has 0 spiro atoms. The molecule has 1 atom stereocenters. The number of hydrogen-bond acceptors (Lipinski definition) is 3. The third-order valence-corrected chi connectivity index (χ3v) is 1.39. The maximum absolute atomic E-state index is 11.0. The Morgan fingerprint density at radius 2 is 2.17 bits per heavy atom. The molecule has 0 heterocycles. The van der Waals surface area contributed by atoms with Gasteiger partial charge >= 0.3 is 5.97 Å². The average molecular weight is 172 g/mol. The van der Waals surface area contributed by atoms with Gasteiger partial charge in [-0.1, -0.05) is 6.58 Å². The molecular weight excluding hydrogens is 156 g/mol. The number of hydrogen-bond donors (Lipinski definition) is 0. The fraction of sp³-hybridized carbons (Fsp3) is 0.667. The predicted molar refractivity (Wildman–Crippen MR) is 46.9 cm³/mol.